The summed E-state index contributed by atoms with van der Waals surface area (Å²) in [5.74, 6) is 2.70. The van der Waals surface area contributed by atoms with Crippen molar-refractivity contribution >= 4 is 34.2 Å². The molecule has 0 saturated carbocycles. The van der Waals surface area contributed by atoms with Crippen LogP contribution < -0.4 is 15.5 Å². The van der Waals surface area contributed by atoms with Gasteiger partial charge in [0.05, 0.1) is 24.8 Å². The van der Waals surface area contributed by atoms with E-state index < -0.39 is 0 Å². The number of nitrogens with zero attached hydrogens (tertiary/aromatic N) is 6. The average molecular weight is 502 g/mol. The van der Waals surface area contributed by atoms with Gasteiger partial charge in [-0.05, 0) is 50.8 Å². The Morgan fingerprint density at radius 1 is 1.19 bits per heavy atom. The second-order valence-electron chi connectivity index (χ2n) is 10.8. The van der Waals surface area contributed by atoms with E-state index >= 15 is 0 Å². The summed E-state index contributed by atoms with van der Waals surface area (Å²) in [6.07, 6.45) is 5.12. The fourth-order valence-corrected chi connectivity index (χ4v) is 6.12. The van der Waals surface area contributed by atoms with E-state index in [4.69, 9.17) is 20.0 Å². The van der Waals surface area contributed by atoms with Crippen molar-refractivity contribution in [2.24, 2.45) is 5.92 Å². The number of H-pyrrole nitrogens is 1. The molecule has 0 spiro atoms. The Balaban J connectivity index is 1.26. The fraction of sp³-hybridized carbons (Fsp3) is 0.556. The second kappa shape index (κ2) is 10.1. The molecule has 0 unspecified atom stereocenters. The third-order valence-corrected chi connectivity index (χ3v) is 8.01. The van der Waals surface area contributed by atoms with Crippen molar-refractivity contribution in [2.45, 2.75) is 57.2 Å². The number of aromatic amines is 1. The zero-order valence-electron chi connectivity index (χ0n) is 21.6. The van der Waals surface area contributed by atoms with Crippen molar-refractivity contribution in [3.8, 4) is 6.07 Å². The summed E-state index contributed by atoms with van der Waals surface area (Å²) < 4.78 is 5.36. The van der Waals surface area contributed by atoms with Crippen molar-refractivity contribution in [1.29, 1.82) is 5.26 Å². The van der Waals surface area contributed by atoms with Gasteiger partial charge in [-0.25, -0.2) is 4.98 Å². The summed E-state index contributed by atoms with van der Waals surface area (Å²) in [5, 5.41) is 24.4. The van der Waals surface area contributed by atoms with Crippen molar-refractivity contribution in [3.63, 3.8) is 0 Å². The van der Waals surface area contributed by atoms with Crippen molar-refractivity contribution in [2.75, 3.05) is 48.9 Å². The Morgan fingerprint density at radius 2 is 2.00 bits per heavy atom. The monoisotopic (exact) mass is 501 g/mol. The minimum Gasteiger partial charge on any atom is -0.381 e. The number of nitrogens with one attached hydrogen (secondary N) is 3. The maximum Gasteiger partial charge on any atom is 0.225 e. The zero-order valence-corrected chi connectivity index (χ0v) is 21.6. The van der Waals surface area contributed by atoms with Crippen molar-refractivity contribution < 1.29 is 4.74 Å². The topological polar surface area (TPSA) is 118 Å². The number of anilines is 4. The number of rotatable bonds is 9. The molecule has 10 heteroatoms. The lowest BCUT2D eigenvalue weighted by Gasteiger charge is -2.38. The van der Waals surface area contributed by atoms with Crippen molar-refractivity contribution in [1.82, 2.24) is 25.1 Å². The summed E-state index contributed by atoms with van der Waals surface area (Å²) in [4.78, 5) is 14.7. The number of ether oxygens (including phenoxy) is 1. The molecule has 0 aliphatic carbocycles. The van der Waals surface area contributed by atoms with Gasteiger partial charge in [-0.15, -0.1) is 0 Å². The van der Waals surface area contributed by atoms with Gasteiger partial charge in [-0.1, -0.05) is 0 Å². The smallest absolute Gasteiger partial charge is 0.225 e. The molecule has 10 nitrogen and oxygen atoms in total. The number of fused-ring (bicyclic) bond motifs is 3. The third-order valence-electron chi connectivity index (χ3n) is 8.01. The summed E-state index contributed by atoms with van der Waals surface area (Å²) in [7, 11) is 2.13. The Morgan fingerprint density at radius 3 is 2.68 bits per heavy atom. The van der Waals surface area contributed by atoms with Gasteiger partial charge in [0.15, 0.2) is 5.82 Å². The standard InChI is InChI=1S/C27H35N9O/c1-17-10-25(34-33-17)31-26-23-7-6-20(35(2)14-18-15-37-16-18)13-24(23)30-27(32-26)29-19-11-21-4-5-22(12-19)36(21)9-3-8-28/h6-7,10,13,18-19,21-22H,3-5,9,11-12,14-16H2,1-2H3,(H3,29,30,31,32,33,34)/t19-,21-,22+. The largest absolute Gasteiger partial charge is 0.381 e. The first-order valence-corrected chi connectivity index (χ1v) is 13.3. The van der Waals surface area contributed by atoms with Gasteiger partial charge < -0.3 is 20.3 Å². The maximum absolute atomic E-state index is 9.04. The predicted molar refractivity (Wildman–Crippen MR) is 144 cm³/mol. The first-order chi connectivity index (χ1) is 18.1. The van der Waals surface area contributed by atoms with Crippen LogP contribution in [0.2, 0.25) is 0 Å². The minimum atomic E-state index is 0.318. The van der Waals surface area contributed by atoms with E-state index in [2.05, 4.69) is 61.9 Å². The van der Waals surface area contributed by atoms with Crippen LogP contribution in [0, 0.1) is 24.2 Å². The summed E-state index contributed by atoms with van der Waals surface area (Å²) in [6, 6.07) is 12.0. The molecule has 3 aromatic rings. The van der Waals surface area contributed by atoms with E-state index in [1.165, 1.54) is 12.8 Å². The third kappa shape index (κ3) is 5.06. The lowest BCUT2D eigenvalue weighted by Crippen LogP contribution is -2.47. The van der Waals surface area contributed by atoms with E-state index in [-0.39, 0.29) is 0 Å². The lowest BCUT2D eigenvalue weighted by molar-refractivity contribution is -0.0272. The molecule has 2 bridgehead atoms. The molecule has 2 aromatic heterocycles. The molecule has 1 aromatic carbocycles. The Hall–Kier alpha value is -3.42. The van der Waals surface area contributed by atoms with Crippen LogP contribution >= 0.6 is 0 Å². The Labute approximate surface area is 217 Å². The highest BCUT2D eigenvalue weighted by Gasteiger charge is 2.40. The summed E-state index contributed by atoms with van der Waals surface area (Å²) in [6.45, 7) is 5.50. The quantitative estimate of drug-likeness (QED) is 0.402. The highest BCUT2D eigenvalue weighted by atomic mass is 16.5. The molecule has 3 fully saturated rings. The highest BCUT2D eigenvalue weighted by Crippen LogP contribution is 2.37. The van der Waals surface area contributed by atoms with E-state index in [1.54, 1.807) is 0 Å². The molecule has 0 amide bonds. The van der Waals surface area contributed by atoms with Crippen LogP contribution in [-0.4, -0.2) is 76.5 Å². The van der Waals surface area contributed by atoms with Gasteiger partial charge in [0.1, 0.15) is 5.82 Å². The van der Waals surface area contributed by atoms with E-state index in [1.807, 2.05) is 13.0 Å². The molecule has 6 rings (SSSR count). The molecule has 0 radical (unpaired) electrons. The average Bonchev–Trinajstić information content (AvgIpc) is 3.37. The molecule has 37 heavy (non-hydrogen) atoms. The molecule has 3 aliphatic heterocycles. The van der Waals surface area contributed by atoms with Crippen LogP contribution in [0.5, 0.6) is 0 Å². The number of aromatic nitrogens is 4. The molecule has 3 atom stereocenters. The number of aryl methyl sites for hydroxylation is 1. The molecule has 3 saturated heterocycles. The van der Waals surface area contributed by atoms with Crippen LogP contribution in [-0.2, 0) is 4.74 Å². The highest BCUT2D eigenvalue weighted by molar-refractivity contribution is 5.93. The maximum atomic E-state index is 9.04. The number of benzene rings is 1. The first-order valence-electron chi connectivity index (χ1n) is 13.3. The van der Waals surface area contributed by atoms with Crippen LogP contribution in [0.4, 0.5) is 23.3 Å². The van der Waals surface area contributed by atoms with E-state index in [0.29, 0.717) is 36.4 Å². The van der Waals surface area contributed by atoms with Gasteiger partial charge in [-0.2, -0.15) is 15.3 Å². The van der Waals surface area contributed by atoms with Gasteiger partial charge in [0.2, 0.25) is 5.95 Å². The Kier molecular flexibility index (Phi) is 6.57. The molecule has 3 N–H and O–H groups in total. The SMILES string of the molecule is Cc1cc(Nc2nc(N[C@@H]3C[C@H]4CC[C@@H](C3)N4CCC#N)nc3cc(N(C)CC4COC4)ccc23)n[nH]1. The van der Waals surface area contributed by atoms with Gasteiger partial charge in [-0.3, -0.25) is 10.00 Å². The summed E-state index contributed by atoms with van der Waals surface area (Å²) in [5.41, 5.74) is 3.02. The predicted octanol–water partition coefficient (Wildman–Crippen LogP) is 3.81. The number of piperidine rings is 1. The Bertz CT molecular complexity index is 1280. The van der Waals surface area contributed by atoms with Crippen LogP contribution in [0.3, 0.4) is 0 Å². The van der Waals surface area contributed by atoms with Crippen molar-refractivity contribution in [3.05, 3.63) is 30.0 Å². The summed E-state index contributed by atoms with van der Waals surface area (Å²) >= 11 is 0. The van der Waals surface area contributed by atoms with Crippen LogP contribution in [0.25, 0.3) is 10.9 Å². The number of hydrogen-bond donors (Lipinski definition) is 3. The first kappa shape index (κ1) is 23.9. The second-order valence-corrected chi connectivity index (χ2v) is 10.8. The van der Waals surface area contributed by atoms with E-state index in [9.17, 15) is 0 Å². The van der Waals surface area contributed by atoms with Crippen LogP contribution in [0.15, 0.2) is 24.3 Å². The fourth-order valence-electron chi connectivity index (χ4n) is 6.12. The molecule has 3 aliphatic rings. The zero-order chi connectivity index (χ0) is 25.4. The normalized spacial score (nSPS) is 23.5. The molecule has 194 valence electrons. The van der Waals surface area contributed by atoms with Gasteiger partial charge >= 0.3 is 0 Å². The van der Waals surface area contributed by atoms with E-state index in [0.717, 1.165) is 73.1 Å². The number of hydrogen-bond acceptors (Lipinski definition) is 9. The molecule has 5 heterocycles. The minimum absolute atomic E-state index is 0.318. The number of nitriles is 1. The van der Waals surface area contributed by atoms with Crippen LogP contribution in [0.1, 0.15) is 37.8 Å². The lowest BCUT2D eigenvalue weighted by atomic mass is 9.97. The van der Waals surface area contributed by atoms with Gasteiger partial charge in [0, 0.05) is 73.4 Å². The molecular formula is C27H35N9O. The molecular weight excluding hydrogens is 466 g/mol. The van der Waals surface area contributed by atoms with Gasteiger partial charge in [0.25, 0.3) is 0 Å².